The third-order valence-corrected chi connectivity index (χ3v) is 13.0. The molecule has 3 aromatic heterocycles. The van der Waals surface area contributed by atoms with Crippen LogP contribution in [0.1, 0.15) is 74.9 Å². The van der Waals surface area contributed by atoms with Gasteiger partial charge in [0.2, 0.25) is 0 Å². The first-order valence-electron chi connectivity index (χ1n) is 21.9. The fourth-order valence-electron chi connectivity index (χ4n) is 10.4. The molecule has 11 rings (SSSR count). The number of benzene rings is 7. The number of fused-ring (bicyclic) bond motifs is 9. The minimum atomic E-state index is 0.372. The van der Waals surface area contributed by atoms with Crippen molar-refractivity contribution in [2.75, 3.05) is 0 Å². The molecule has 10 aromatic rings. The molecule has 0 aliphatic heterocycles. The van der Waals surface area contributed by atoms with E-state index in [1.54, 1.807) is 0 Å². The zero-order chi connectivity index (χ0) is 40.6. The van der Waals surface area contributed by atoms with Gasteiger partial charge in [-0.05, 0) is 131 Å². The molecule has 0 fully saturated rings. The molecule has 1 atom stereocenters. The number of H-pyrrole nitrogens is 1. The molecular weight excluding hydrogens is 727 g/mol. The predicted molar refractivity (Wildman–Crippen MR) is 257 cm³/mol. The van der Waals surface area contributed by atoms with E-state index in [0.29, 0.717) is 17.8 Å². The number of rotatable bonds is 8. The molecule has 0 saturated heterocycles. The third-order valence-electron chi connectivity index (χ3n) is 13.0. The number of hydrogen-bond acceptors (Lipinski definition) is 0. The number of nitrogens with zero attached hydrogens (tertiary/aromatic N) is 2. The molecule has 0 amide bonds. The maximum Gasteiger partial charge on any atom is 0.0541 e. The monoisotopic (exact) mass is 777 g/mol. The summed E-state index contributed by atoms with van der Waals surface area (Å²) in [5.41, 5.74) is 19.4. The minimum absolute atomic E-state index is 0.372. The summed E-state index contributed by atoms with van der Waals surface area (Å²) in [4.78, 5) is 3.85. The minimum Gasteiger partial charge on any atom is -0.358 e. The first-order chi connectivity index (χ1) is 29.3. The van der Waals surface area contributed by atoms with Crippen LogP contribution >= 0.6 is 0 Å². The van der Waals surface area contributed by atoms with Crippen LogP contribution in [0.5, 0.6) is 0 Å². The zero-order valence-corrected chi connectivity index (χ0v) is 35.3. The van der Waals surface area contributed by atoms with Gasteiger partial charge in [-0.1, -0.05) is 126 Å². The Morgan fingerprint density at radius 1 is 0.500 bits per heavy atom. The molecule has 294 valence electrons. The summed E-state index contributed by atoms with van der Waals surface area (Å²) < 4.78 is 4.97. The molecule has 1 aliphatic carbocycles. The van der Waals surface area contributed by atoms with Crippen LogP contribution in [-0.2, 0) is 12.8 Å². The summed E-state index contributed by atoms with van der Waals surface area (Å²) in [5.74, 6) is 1.53. The molecule has 3 nitrogen and oxygen atoms in total. The number of para-hydroxylation sites is 4. The van der Waals surface area contributed by atoms with Crippen LogP contribution in [0.2, 0.25) is 0 Å². The fourth-order valence-corrected chi connectivity index (χ4v) is 10.4. The number of aromatic amines is 1. The van der Waals surface area contributed by atoms with E-state index in [1.165, 1.54) is 111 Å². The normalized spacial score (nSPS) is 14.4. The molecule has 0 saturated carbocycles. The Bertz CT molecular complexity index is 3320. The van der Waals surface area contributed by atoms with Gasteiger partial charge in [-0.2, -0.15) is 0 Å². The Labute approximate surface area is 352 Å². The molecular formula is C57H51N3. The molecule has 0 bridgehead atoms. The molecule has 3 heterocycles. The number of hydrogen-bond donors (Lipinski definition) is 1. The number of allylic oxidation sites excluding steroid dienone is 1. The van der Waals surface area contributed by atoms with Crippen LogP contribution in [-0.4, -0.2) is 14.1 Å². The van der Waals surface area contributed by atoms with E-state index in [4.69, 9.17) is 0 Å². The predicted octanol–water partition coefficient (Wildman–Crippen LogP) is 15.5. The van der Waals surface area contributed by atoms with Crippen molar-refractivity contribution in [1.29, 1.82) is 0 Å². The summed E-state index contributed by atoms with van der Waals surface area (Å²) in [6.45, 7) is 11.6. The largest absolute Gasteiger partial charge is 0.358 e. The molecule has 1 N–H and O–H groups in total. The Morgan fingerprint density at radius 2 is 0.967 bits per heavy atom. The van der Waals surface area contributed by atoms with Crippen molar-refractivity contribution in [2.45, 2.75) is 59.8 Å². The second kappa shape index (κ2) is 14.3. The van der Waals surface area contributed by atoms with Crippen molar-refractivity contribution in [1.82, 2.24) is 14.1 Å². The van der Waals surface area contributed by atoms with Crippen molar-refractivity contribution >= 4 is 66.2 Å². The van der Waals surface area contributed by atoms with Gasteiger partial charge in [0, 0.05) is 61.0 Å². The zero-order valence-electron chi connectivity index (χ0n) is 35.3. The molecule has 60 heavy (non-hydrogen) atoms. The summed E-state index contributed by atoms with van der Waals surface area (Å²) in [6, 6.07) is 56.9. The van der Waals surface area contributed by atoms with Gasteiger partial charge < -0.3 is 14.1 Å². The maximum absolute atomic E-state index is 3.85. The summed E-state index contributed by atoms with van der Waals surface area (Å²) >= 11 is 0. The van der Waals surface area contributed by atoms with E-state index in [1.807, 2.05) is 0 Å². The average Bonchev–Trinajstić information content (AvgIpc) is 3.91. The van der Waals surface area contributed by atoms with Gasteiger partial charge in [0.15, 0.2) is 0 Å². The van der Waals surface area contributed by atoms with E-state index in [2.05, 4.69) is 206 Å². The number of aromatic nitrogens is 3. The van der Waals surface area contributed by atoms with Gasteiger partial charge in [-0.15, -0.1) is 0 Å². The van der Waals surface area contributed by atoms with Crippen LogP contribution in [0.4, 0.5) is 0 Å². The van der Waals surface area contributed by atoms with Gasteiger partial charge in [0.1, 0.15) is 0 Å². The standard InChI is InChI=1S/C57H51N3/c1-35(2)28-41-14-6-10-18-51(41)59-53-20-12-8-16-44(53)47-32-39(23-26-55(47)59)38-22-25-50-46(31-38)49-34-43(30-37(5)57(49)58-50)40-24-27-56-48(33-40)45-17-9-13-21-54(45)60(56)52-19-11-7-15-42(52)29-36(3)4/h6-27,31-37,58H,28-30H2,1-5H3. The van der Waals surface area contributed by atoms with Crippen LogP contribution < -0.4 is 0 Å². The Morgan fingerprint density at radius 3 is 1.55 bits per heavy atom. The van der Waals surface area contributed by atoms with Crippen molar-refractivity contribution in [2.24, 2.45) is 11.8 Å². The Kier molecular flexibility index (Phi) is 8.70. The lowest BCUT2D eigenvalue weighted by Crippen LogP contribution is -2.04. The summed E-state index contributed by atoms with van der Waals surface area (Å²) in [5, 5.41) is 6.47. The van der Waals surface area contributed by atoms with Crippen molar-refractivity contribution in [3.63, 3.8) is 0 Å². The SMILES string of the molecule is CC(C)Cc1ccccc1-n1c2ccccc2c2cc(C3=Cc4c([nH]c5ccc(-c6ccc7c(c6)c6ccccc6n7-c6ccccc6CC(C)C)cc45)C(C)C3)ccc21. The second-order valence-corrected chi connectivity index (χ2v) is 18.1. The maximum atomic E-state index is 3.85. The van der Waals surface area contributed by atoms with Gasteiger partial charge in [0.05, 0.1) is 22.1 Å². The highest BCUT2D eigenvalue weighted by Gasteiger charge is 2.25. The van der Waals surface area contributed by atoms with Crippen molar-refractivity contribution in [3.05, 3.63) is 180 Å². The highest BCUT2D eigenvalue weighted by atomic mass is 15.0. The summed E-state index contributed by atoms with van der Waals surface area (Å²) in [7, 11) is 0. The van der Waals surface area contributed by atoms with Gasteiger partial charge in [-0.25, -0.2) is 0 Å². The fraction of sp³-hybridized carbons (Fsp3) is 0.193. The second-order valence-electron chi connectivity index (χ2n) is 18.1. The lowest BCUT2D eigenvalue weighted by atomic mass is 9.84. The Hall–Kier alpha value is -6.58. The topological polar surface area (TPSA) is 25.6 Å². The van der Waals surface area contributed by atoms with E-state index in [9.17, 15) is 0 Å². The van der Waals surface area contributed by atoms with Crippen molar-refractivity contribution in [3.8, 4) is 22.5 Å². The van der Waals surface area contributed by atoms with E-state index < -0.39 is 0 Å². The average molecular weight is 778 g/mol. The van der Waals surface area contributed by atoms with Crippen LogP contribution in [0.25, 0.3) is 88.7 Å². The molecule has 1 unspecified atom stereocenters. The van der Waals surface area contributed by atoms with E-state index >= 15 is 0 Å². The highest BCUT2D eigenvalue weighted by Crippen LogP contribution is 2.44. The first-order valence-corrected chi connectivity index (χ1v) is 21.9. The first kappa shape index (κ1) is 36.5. The van der Waals surface area contributed by atoms with Crippen LogP contribution in [0, 0.1) is 11.8 Å². The lowest BCUT2D eigenvalue weighted by molar-refractivity contribution is 0.645. The highest BCUT2D eigenvalue weighted by molar-refractivity contribution is 6.12. The lowest BCUT2D eigenvalue weighted by Gasteiger charge is -2.21. The van der Waals surface area contributed by atoms with Crippen LogP contribution in [0.15, 0.2) is 152 Å². The van der Waals surface area contributed by atoms with E-state index in [-0.39, 0.29) is 0 Å². The summed E-state index contributed by atoms with van der Waals surface area (Å²) in [6.07, 6.45) is 5.57. The third kappa shape index (κ3) is 5.93. The van der Waals surface area contributed by atoms with E-state index in [0.717, 1.165) is 19.3 Å². The van der Waals surface area contributed by atoms with Crippen molar-refractivity contribution < 1.29 is 0 Å². The van der Waals surface area contributed by atoms with Gasteiger partial charge in [0.25, 0.3) is 0 Å². The Balaban J connectivity index is 1.02. The molecule has 7 aromatic carbocycles. The van der Waals surface area contributed by atoms with Gasteiger partial charge in [-0.3, -0.25) is 0 Å². The van der Waals surface area contributed by atoms with Gasteiger partial charge >= 0.3 is 0 Å². The smallest absolute Gasteiger partial charge is 0.0541 e. The number of nitrogens with one attached hydrogen (secondary N) is 1. The quantitative estimate of drug-likeness (QED) is 0.159. The molecule has 3 heteroatoms. The molecule has 1 aliphatic rings. The van der Waals surface area contributed by atoms with Crippen LogP contribution in [0.3, 0.4) is 0 Å². The molecule has 0 radical (unpaired) electrons. The molecule has 0 spiro atoms.